The highest BCUT2D eigenvalue weighted by Crippen LogP contribution is 2.30. The fourth-order valence-corrected chi connectivity index (χ4v) is 3.74. The van der Waals surface area contributed by atoms with Gasteiger partial charge in [-0.25, -0.2) is 0 Å². The number of amides is 2. The third-order valence-corrected chi connectivity index (χ3v) is 5.41. The second-order valence-corrected chi connectivity index (χ2v) is 6.97. The van der Waals surface area contributed by atoms with E-state index in [-0.39, 0.29) is 17.4 Å². The monoisotopic (exact) mass is 345 g/mol. The van der Waals surface area contributed by atoms with Crippen molar-refractivity contribution in [3.05, 3.63) is 30.3 Å². The van der Waals surface area contributed by atoms with Crippen LogP contribution in [0.4, 0.5) is 0 Å². The summed E-state index contributed by atoms with van der Waals surface area (Å²) in [7, 11) is 2.11. The summed E-state index contributed by atoms with van der Waals surface area (Å²) in [6, 6.07) is 9.56. The summed E-state index contributed by atoms with van der Waals surface area (Å²) in [5.74, 6) is 1.04. The Hall–Kier alpha value is -2.08. The van der Waals surface area contributed by atoms with Gasteiger partial charge >= 0.3 is 0 Å². The molecule has 2 aliphatic rings. The minimum absolute atomic E-state index is 0.0899. The Labute approximate surface area is 149 Å². The molecule has 2 amide bonds. The van der Waals surface area contributed by atoms with Gasteiger partial charge in [-0.15, -0.1) is 0 Å². The number of hydrogen-bond acceptors (Lipinski definition) is 4. The van der Waals surface area contributed by atoms with Crippen LogP contribution >= 0.6 is 0 Å². The van der Waals surface area contributed by atoms with E-state index in [4.69, 9.17) is 4.74 Å². The van der Waals surface area contributed by atoms with Crippen LogP contribution in [-0.2, 0) is 9.59 Å². The molecule has 0 radical (unpaired) electrons. The lowest BCUT2D eigenvalue weighted by Gasteiger charge is -2.49. The third-order valence-electron chi connectivity index (χ3n) is 5.41. The van der Waals surface area contributed by atoms with E-state index in [2.05, 4.69) is 17.3 Å². The number of piperazine rings is 1. The highest BCUT2D eigenvalue weighted by atomic mass is 16.5. The van der Waals surface area contributed by atoms with Crippen molar-refractivity contribution in [1.82, 2.24) is 15.1 Å². The average molecular weight is 345 g/mol. The zero-order chi connectivity index (χ0) is 17.7. The number of nitrogens with zero attached hydrogens (tertiary/aromatic N) is 2. The van der Waals surface area contributed by atoms with Gasteiger partial charge in [-0.2, -0.15) is 0 Å². The Morgan fingerprint density at radius 2 is 2.04 bits per heavy atom. The molecular weight excluding hydrogens is 318 g/mol. The maximum Gasteiger partial charge on any atom is 0.226 e. The number of rotatable bonds is 4. The Morgan fingerprint density at radius 3 is 2.84 bits per heavy atom. The van der Waals surface area contributed by atoms with E-state index in [1.807, 2.05) is 35.2 Å². The summed E-state index contributed by atoms with van der Waals surface area (Å²) in [6.07, 6.45) is 2.61. The Bertz CT molecular complexity index is 607. The number of benzene rings is 1. The lowest BCUT2D eigenvalue weighted by molar-refractivity contribution is -0.137. The summed E-state index contributed by atoms with van der Waals surface area (Å²) in [5.41, 5.74) is -0.0899. The van der Waals surface area contributed by atoms with Gasteiger partial charge in [0.15, 0.2) is 0 Å². The summed E-state index contributed by atoms with van der Waals surface area (Å²) in [6.45, 7) is 3.36. The number of carbonyl (C=O) groups is 2. The minimum atomic E-state index is -0.0899. The molecular formula is C19H27N3O3. The second-order valence-electron chi connectivity index (χ2n) is 6.97. The first kappa shape index (κ1) is 17.7. The minimum Gasteiger partial charge on any atom is -0.493 e. The van der Waals surface area contributed by atoms with Crippen LogP contribution in [0.15, 0.2) is 30.3 Å². The van der Waals surface area contributed by atoms with Crippen molar-refractivity contribution in [1.29, 1.82) is 0 Å². The fourth-order valence-electron chi connectivity index (χ4n) is 3.74. The molecule has 0 aliphatic carbocycles. The zero-order valence-corrected chi connectivity index (χ0v) is 14.9. The second kappa shape index (κ2) is 7.87. The van der Waals surface area contributed by atoms with Crippen molar-refractivity contribution in [3.63, 3.8) is 0 Å². The van der Waals surface area contributed by atoms with Gasteiger partial charge < -0.3 is 15.0 Å². The fraction of sp³-hybridized carbons (Fsp3) is 0.579. The molecule has 2 fully saturated rings. The Kier molecular flexibility index (Phi) is 5.58. The molecule has 0 bridgehead atoms. The van der Waals surface area contributed by atoms with Crippen LogP contribution in [0.1, 0.15) is 25.7 Å². The molecule has 1 spiro atoms. The number of likely N-dealkylation sites (N-methyl/N-ethyl adjacent to an activating group) is 1. The molecule has 3 rings (SSSR count). The molecule has 0 aromatic heterocycles. The molecule has 0 saturated carbocycles. The van der Waals surface area contributed by atoms with Crippen molar-refractivity contribution in [3.8, 4) is 5.75 Å². The van der Waals surface area contributed by atoms with Gasteiger partial charge in [0.25, 0.3) is 0 Å². The topological polar surface area (TPSA) is 61.9 Å². The molecule has 2 aliphatic heterocycles. The molecule has 6 heteroatoms. The van der Waals surface area contributed by atoms with E-state index in [0.29, 0.717) is 32.5 Å². The van der Waals surface area contributed by atoms with Gasteiger partial charge in [0.1, 0.15) is 5.75 Å². The zero-order valence-electron chi connectivity index (χ0n) is 14.9. The van der Waals surface area contributed by atoms with Crippen LogP contribution in [0.2, 0.25) is 0 Å². The van der Waals surface area contributed by atoms with Gasteiger partial charge in [-0.3, -0.25) is 14.5 Å². The predicted octanol–water partition coefficient (Wildman–Crippen LogP) is 1.27. The highest BCUT2D eigenvalue weighted by Gasteiger charge is 2.41. The molecule has 2 saturated heterocycles. The van der Waals surface area contributed by atoms with E-state index >= 15 is 0 Å². The average Bonchev–Trinajstić information content (AvgIpc) is 2.81. The molecule has 1 aromatic carbocycles. The molecule has 1 N–H and O–H groups in total. The molecule has 25 heavy (non-hydrogen) atoms. The normalized spacial score (nSPS) is 24.7. The highest BCUT2D eigenvalue weighted by molar-refractivity contribution is 5.77. The number of nitrogens with one attached hydrogen (secondary N) is 1. The Morgan fingerprint density at radius 1 is 1.24 bits per heavy atom. The van der Waals surface area contributed by atoms with E-state index < -0.39 is 0 Å². The SMILES string of the molecule is CN1CCN(C(=O)CCOc2ccccc2)CC12CCNC(=O)CC2. The predicted molar refractivity (Wildman–Crippen MR) is 95.4 cm³/mol. The molecule has 1 aromatic rings. The van der Waals surface area contributed by atoms with E-state index in [9.17, 15) is 9.59 Å². The van der Waals surface area contributed by atoms with Crippen molar-refractivity contribution < 1.29 is 14.3 Å². The van der Waals surface area contributed by atoms with Crippen LogP contribution in [0, 0.1) is 0 Å². The first-order valence-electron chi connectivity index (χ1n) is 9.03. The maximum absolute atomic E-state index is 12.6. The summed E-state index contributed by atoms with van der Waals surface area (Å²) in [5, 5.41) is 2.94. The standard InChI is InChI=1S/C19H27N3O3/c1-21-12-13-22(15-19(21)9-7-17(23)20-11-10-19)18(24)8-14-25-16-5-3-2-4-6-16/h2-6H,7-15H2,1H3,(H,20,23). The smallest absolute Gasteiger partial charge is 0.226 e. The number of hydrogen-bond donors (Lipinski definition) is 1. The first-order valence-corrected chi connectivity index (χ1v) is 9.03. The van der Waals surface area contributed by atoms with Crippen LogP contribution in [0.5, 0.6) is 5.75 Å². The lowest BCUT2D eigenvalue weighted by Crippen LogP contribution is -2.62. The Balaban J connectivity index is 1.55. The van der Waals surface area contributed by atoms with Gasteiger partial charge in [0.2, 0.25) is 11.8 Å². The summed E-state index contributed by atoms with van der Waals surface area (Å²) >= 11 is 0. The molecule has 136 valence electrons. The van der Waals surface area contributed by atoms with Crippen molar-refractivity contribution in [2.45, 2.75) is 31.2 Å². The van der Waals surface area contributed by atoms with Gasteiger partial charge in [-0.1, -0.05) is 18.2 Å². The van der Waals surface area contributed by atoms with Crippen molar-refractivity contribution in [2.75, 3.05) is 39.8 Å². The van der Waals surface area contributed by atoms with Gasteiger partial charge in [0, 0.05) is 38.1 Å². The van der Waals surface area contributed by atoms with Crippen LogP contribution in [-0.4, -0.2) is 67.0 Å². The number of para-hydroxylation sites is 1. The van der Waals surface area contributed by atoms with Crippen molar-refractivity contribution in [2.24, 2.45) is 0 Å². The maximum atomic E-state index is 12.6. The van der Waals surface area contributed by atoms with Crippen LogP contribution < -0.4 is 10.1 Å². The van der Waals surface area contributed by atoms with E-state index in [1.165, 1.54) is 0 Å². The summed E-state index contributed by atoms with van der Waals surface area (Å²) in [4.78, 5) is 28.6. The third kappa shape index (κ3) is 4.31. The van der Waals surface area contributed by atoms with Gasteiger partial charge in [-0.05, 0) is 32.0 Å². The van der Waals surface area contributed by atoms with Crippen LogP contribution in [0.3, 0.4) is 0 Å². The van der Waals surface area contributed by atoms with E-state index in [1.54, 1.807) is 0 Å². The quantitative estimate of drug-likeness (QED) is 0.893. The molecule has 1 atom stereocenters. The molecule has 1 unspecified atom stereocenters. The van der Waals surface area contributed by atoms with E-state index in [0.717, 1.165) is 31.7 Å². The lowest BCUT2D eigenvalue weighted by atomic mass is 9.86. The number of ether oxygens (including phenoxy) is 1. The molecule has 6 nitrogen and oxygen atoms in total. The first-order chi connectivity index (χ1) is 12.1. The van der Waals surface area contributed by atoms with Crippen molar-refractivity contribution >= 4 is 11.8 Å². The summed E-state index contributed by atoms with van der Waals surface area (Å²) < 4.78 is 5.65. The van der Waals surface area contributed by atoms with Crippen LogP contribution in [0.25, 0.3) is 0 Å². The van der Waals surface area contributed by atoms with Gasteiger partial charge in [0.05, 0.1) is 13.0 Å². The largest absolute Gasteiger partial charge is 0.493 e. The molecule has 2 heterocycles. The number of carbonyl (C=O) groups excluding carboxylic acids is 2.